The molecule has 2 heterocycles. The van der Waals surface area contributed by atoms with E-state index in [9.17, 15) is 9.59 Å². The Morgan fingerprint density at radius 3 is 1.02 bits per heavy atom. The molecule has 2 aromatic heterocycles. The number of rotatable bonds is 2. The van der Waals surface area contributed by atoms with Gasteiger partial charge in [0.2, 0.25) is 0 Å². The van der Waals surface area contributed by atoms with Gasteiger partial charge in [0.25, 0.3) is 0 Å². The quantitative estimate of drug-likeness (QED) is 0.190. The van der Waals surface area contributed by atoms with Gasteiger partial charge in [-0.15, -0.1) is 0 Å². The molecule has 6 aromatic rings. The summed E-state index contributed by atoms with van der Waals surface area (Å²) in [6.45, 7) is 21.0. The molecule has 0 aliphatic carbocycles. The number of fused-ring (bicyclic) bond motifs is 2. The molecule has 0 spiro atoms. The van der Waals surface area contributed by atoms with Crippen LogP contribution in [0.5, 0.6) is 0 Å². The maximum Gasteiger partial charge on any atom is 0.336 e. The Morgan fingerprint density at radius 2 is 0.705 bits per heavy atom. The van der Waals surface area contributed by atoms with Gasteiger partial charge in [-0.3, -0.25) is 0 Å². The van der Waals surface area contributed by atoms with Crippen molar-refractivity contribution >= 4 is 21.9 Å². The van der Waals surface area contributed by atoms with Crippen LogP contribution in [0.25, 0.3) is 44.2 Å². The molecule has 4 nitrogen and oxygen atoms in total. The van der Waals surface area contributed by atoms with Crippen molar-refractivity contribution in [1.82, 2.24) is 0 Å². The van der Waals surface area contributed by atoms with Crippen LogP contribution in [0.4, 0.5) is 0 Å². The summed E-state index contributed by atoms with van der Waals surface area (Å²) in [7, 11) is 0. The number of benzene rings is 4. The van der Waals surface area contributed by atoms with E-state index in [4.69, 9.17) is 8.83 Å². The molecule has 0 fully saturated rings. The second-order valence-corrected chi connectivity index (χ2v) is 12.2. The minimum absolute atomic E-state index is 0.295. The molecule has 4 heteroatoms. The van der Waals surface area contributed by atoms with Crippen molar-refractivity contribution in [3.05, 3.63) is 137 Å². The van der Waals surface area contributed by atoms with Crippen LogP contribution in [0.1, 0.15) is 55.6 Å². The van der Waals surface area contributed by atoms with E-state index in [1.165, 1.54) is 67.8 Å². The molecule has 6 rings (SSSR count). The molecule has 44 heavy (non-hydrogen) atoms. The summed E-state index contributed by atoms with van der Waals surface area (Å²) in [5.41, 5.74) is 17.5. The fourth-order valence-electron chi connectivity index (χ4n) is 6.26. The Morgan fingerprint density at radius 1 is 0.386 bits per heavy atom. The SMILES string of the molecule is Cc1cc(C)c(C)c(-c2ccc3c(C)cc(=O)oc3c2)c1C.Cc1cc(C)c(C)c(-c2ccc3c(C)cc(=O)oc3c2)c1C. The predicted molar refractivity (Wildman–Crippen MR) is 183 cm³/mol. The summed E-state index contributed by atoms with van der Waals surface area (Å²) < 4.78 is 10.8. The van der Waals surface area contributed by atoms with Crippen LogP contribution in [-0.2, 0) is 0 Å². The average Bonchev–Trinajstić information content (AvgIpc) is 2.95. The third kappa shape index (κ3) is 5.65. The van der Waals surface area contributed by atoms with Gasteiger partial charge in [-0.05, 0) is 159 Å². The van der Waals surface area contributed by atoms with Gasteiger partial charge >= 0.3 is 11.3 Å². The second-order valence-electron chi connectivity index (χ2n) is 12.2. The fraction of sp³-hybridized carbons (Fsp3) is 0.250. The van der Waals surface area contributed by atoms with Gasteiger partial charge in [-0.1, -0.05) is 36.4 Å². The molecule has 0 N–H and O–H groups in total. The molecular weight excluding hydrogens is 544 g/mol. The van der Waals surface area contributed by atoms with Gasteiger partial charge < -0.3 is 8.83 Å². The molecule has 0 atom stereocenters. The maximum atomic E-state index is 11.6. The summed E-state index contributed by atoms with van der Waals surface area (Å²) in [5.74, 6) is 0. The van der Waals surface area contributed by atoms with E-state index in [1.807, 2.05) is 38.1 Å². The van der Waals surface area contributed by atoms with E-state index in [2.05, 4.69) is 79.7 Å². The Hall–Kier alpha value is -4.70. The third-order valence-corrected chi connectivity index (χ3v) is 9.21. The molecule has 0 radical (unpaired) electrons. The van der Waals surface area contributed by atoms with Crippen molar-refractivity contribution in [3.8, 4) is 22.3 Å². The van der Waals surface area contributed by atoms with Crippen molar-refractivity contribution in [2.45, 2.75) is 69.2 Å². The second kappa shape index (κ2) is 11.8. The van der Waals surface area contributed by atoms with Gasteiger partial charge in [0.1, 0.15) is 11.2 Å². The highest BCUT2D eigenvalue weighted by atomic mass is 16.4. The Kier molecular flexibility index (Phi) is 8.22. The molecule has 224 valence electrons. The first kappa shape index (κ1) is 30.7. The largest absolute Gasteiger partial charge is 0.423 e. The predicted octanol–water partition coefficient (Wildman–Crippen LogP) is 10.0. The molecule has 0 bridgehead atoms. The zero-order chi connectivity index (χ0) is 32.0. The van der Waals surface area contributed by atoms with Crippen molar-refractivity contribution in [2.75, 3.05) is 0 Å². The first-order chi connectivity index (χ1) is 20.8. The van der Waals surface area contributed by atoms with Gasteiger partial charge in [-0.2, -0.15) is 0 Å². The van der Waals surface area contributed by atoms with E-state index < -0.39 is 0 Å². The minimum Gasteiger partial charge on any atom is -0.423 e. The lowest BCUT2D eigenvalue weighted by atomic mass is 9.89. The highest BCUT2D eigenvalue weighted by Crippen LogP contribution is 2.35. The fourth-order valence-corrected chi connectivity index (χ4v) is 6.26. The lowest BCUT2D eigenvalue weighted by Crippen LogP contribution is -1.99. The van der Waals surface area contributed by atoms with Crippen LogP contribution < -0.4 is 11.3 Å². The molecule has 0 aliphatic heterocycles. The van der Waals surface area contributed by atoms with Crippen LogP contribution in [0, 0.1) is 69.2 Å². The summed E-state index contributed by atoms with van der Waals surface area (Å²) in [6.07, 6.45) is 0. The van der Waals surface area contributed by atoms with Gasteiger partial charge in [0.05, 0.1) is 0 Å². The highest BCUT2D eigenvalue weighted by Gasteiger charge is 2.14. The summed E-state index contributed by atoms with van der Waals surface area (Å²) >= 11 is 0. The maximum absolute atomic E-state index is 11.6. The van der Waals surface area contributed by atoms with Crippen LogP contribution in [-0.4, -0.2) is 0 Å². The minimum atomic E-state index is -0.295. The van der Waals surface area contributed by atoms with Crippen molar-refractivity contribution in [1.29, 1.82) is 0 Å². The molecule has 0 saturated carbocycles. The zero-order valence-corrected chi connectivity index (χ0v) is 27.4. The molecular formula is C40H40O4. The van der Waals surface area contributed by atoms with Crippen molar-refractivity contribution < 1.29 is 8.83 Å². The Labute approximate surface area is 259 Å². The van der Waals surface area contributed by atoms with E-state index in [0.717, 1.165) is 33.0 Å². The van der Waals surface area contributed by atoms with Crippen LogP contribution in [0.2, 0.25) is 0 Å². The molecule has 0 saturated heterocycles. The van der Waals surface area contributed by atoms with Gasteiger partial charge in [-0.25, -0.2) is 9.59 Å². The molecule has 4 aromatic carbocycles. The monoisotopic (exact) mass is 584 g/mol. The van der Waals surface area contributed by atoms with E-state index >= 15 is 0 Å². The van der Waals surface area contributed by atoms with Gasteiger partial charge in [0.15, 0.2) is 0 Å². The number of aryl methyl sites for hydroxylation is 6. The zero-order valence-electron chi connectivity index (χ0n) is 27.4. The Bertz CT molecular complexity index is 2000. The normalized spacial score (nSPS) is 11.1. The highest BCUT2D eigenvalue weighted by molar-refractivity contribution is 5.88. The first-order valence-electron chi connectivity index (χ1n) is 15.0. The summed E-state index contributed by atoms with van der Waals surface area (Å²) in [6, 6.07) is 19.8. The lowest BCUT2D eigenvalue weighted by molar-refractivity contribution is 0.559. The van der Waals surface area contributed by atoms with Crippen molar-refractivity contribution in [2.24, 2.45) is 0 Å². The standard InChI is InChI=1S/2C20H20O2/c2*1-11-8-12(2)15(5)20(14(11)4)16-6-7-17-13(3)9-19(21)22-18(17)10-16/h2*6-10H,1-5H3. The van der Waals surface area contributed by atoms with Crippen LogP contribution >= 0.6 is 0 Å². The third-order valence-electron chi connectivity index (χ3n) is 9.21. The number of hydrogen-bond acceptors (Lipinski definition) is 4. The van der Waals surface area contributed by atoms with Crippen molar-refractivity contribution in [3.63, 3.8) is 0 Å². The molecule has 0 aliphatic rings. The molecule has 0 amide bonds. The number of hydrogen-bond donors (Lipinski definition) is 0. The van der Waals surface area contributed by atoms with E-state index in [1.54, 1.807) is 0 Å². The summed E-state index contributed by atoms with van der Waals surface area (Å²) in [4.78, 5) is 23.3. The average molecular weight is 585 g/mol. The molecule has 0 unspecified atom stereocenters. The van der Waals surface area contributed by atoms with E-state index in [0.29, 0.717) is 11.2 Å². The smallest absolute Gasteiger partial charge is 0.336 e. The lowest BCUT2D eigenvalue weighted by Gasteiger charge is -2.16. The Balaban J connectivity index is 0.000000175. The van der Waals surface area contributed by atoms with E-state index in [-0.39, 0.29) is 11.3 Å². The first-order valence-corrected chi connectivity index (χ1v) is 15.0. The summed E-state index contributed by atoms with van der Waals surface area (Å²) in [5, 5.41) is 1.98. The topological polar surface area (TPSA) is 60.4 Å². The van der Waals surface area contributed by atoms with Crippen LogP contribution in [0.3, 0.4) is 0 Å². The van der Waals surface area contributed by atoms with Gasteiger partial charge in [0, 0.05) is 22.9 Å². The van der Waals surface area contributed by atoms with Crippen LogP contribution in [0.15, 0.2) is 79.1 Å².